The maximum atomic E-state index is 13.0. The van der Waals surface area contributed by atoms with E-state index in [1.807, 2.05) is 29.8 Å². The van der Waals surface area contributed by atoms with Gasteiger partial charge in [-0.15, -0.1) is 0 Å². The minimum atomic E-state index is -0.429. The summed E-state index contributed by atoms with van der Waals surface area (Å²) >= 11 is 1.43. The summed E-state index contributed by atoms with van der Waals surface area (Å²) in [5, 5.41) is 4.21. The van der Waals surface area contributed by atoms with Gasteiger partial charge in [0.2, 0.25) is 0 Å². The predicted octanol–water partition coefficient (Wildman–Crippen LogP) is 3.26. The number of methoxy groups -OCH3 is 1. The Hall–Kier alpha value is -2.78. The van der Waals surface area contributed by atoms with Gasteiger partial charge in [0.15, 0.2) is 5.82 Å². The van der Waals surface area contributed by atoms with E-state index in [0.29, 0.717) is 35.9 Å². The van der Waals surface area contributed by atoms with E-state index in [1.165, 1.54) is 11.8 Å². The number of rotatable bonds is 3. The Kier molecular flexibility index (Phi) is 4.79. The second-order valence-corrected chi connectivity index (χ2v) is 8.83. The number of pyridine rings is 1. The van der Waals surface area contributed by atoms with Crippen molar-refractivity contribution in [1.82, 2.24) is 14.8 Å². The number of nitrogens with one attached hydrogen (secondary N) is 2. The van der Waals surface area contributed by atoms with Gasteiger partial charge < -0.3 is 14.5 Å². The minimum absolute atomic E-state index is 0.134. The maximum Gasteiger partial charge on any atom is 0.271 e. The standard InChI is InChI=1S/C21H22N4O4S/c1-11-22-19-17(21(27)24-25(19)13-5-7-29-8-6-13)18(30-11)15-10-12-9-14(28-2)3-4-16(12)23-20(15)26/h3-4,9-10,13,18H,5-8H2,1-2H3,(H,23,26)(H,24,27)/t18-/m1/s1. The fourth-order valence-corrected chi connectivity index (χ4v) is 5.27. The monoisotopic (exact) mass is 426 g/mol. The SMILES string of the molecule is COc1ccc2[nH]c(=O)c([C@H]3SC(C)=Nc4c3c(=O)[nH]n4C3CCOCC3)cc2c1. The topological polar surface area (TPSA) is 101 Å². The Labute approximate surface area is 176 Å². The Morgan fingerprint density at radius 2 is 2.00 bits per heavy atom. The van der Waals surface area contributed by atoms with Crippen LogP contribution in [-0.2, 0) is 4.74 Å². The van der Waals surface area contributed by atoms with Gasteiger partial charge >= 0.3 is 0 Å². The number of hydrogen-bond donors (Lipinski definition) is 2. The van der Waals surface area contributed by atoms with E-state index in [0.717, 1.165) is 28.8 Å². The summed E-state index contributed by atoms with van der Waals surface area (Å²) in [4.78, 5) is 33.5. The number of thioether (sulfide) groups is 1. The Morgan fingerprint density at radius 1 is 1.20 bits per heavy atom. The average Bonchev–Trinajstić information content (AvgIpc) is 3.09. The second-order valence-electron chi connectivity index (χ2n) is 7.53. The third-order valence-electron chi connectivity index (χ3n) is 5.67. The second kappa shape index (κ2) is 7.48. The lowest BCUT2D eigenvalue weighted by Crippen LogP contribution is -2.21. The van der Waals surface area contributed by atoms with E-state index in [2.05, 4.69) is 15.1 Å². The van der Waals surface area contributed by atoms with Crippen molar-refractivity contribution in [2.75, 3.05) is 20.3 Å². The number of hydrogen-bond acceptors (Lipinski definition) is 6. The molecule has 5 rings (SSSR count). The molecule has 0 amide bonds. The molecule has 0 aliphatic carbocycles. The number of H-pyrrole nitrogens is 2. The van der Waals surface area contributed by atoms with Crippen LogP contribution in [0.1, 0.15) is 42.2 Å². The highest BCUT2D eigenvalue weighted by molar-refractivity contribution is 8.14. The van der Waals surface area contributed by atoms with Crippen LogP contribution in [0.15, 0.2) is 38.8 Å². The smallest absolute Gasteiger partial charge is 0.271 e. The van der Waals surface area contributed by atoms with E-state index in [9.17, 15) is 9.59 Å². The highest BCUT2D eigenvalue weighted by Gasteiger charge is 2.33. The summed E-state index contributed by atoms with van der Waals surface area (Å²) in [5.41, 5.74) is 1.39. The van der Waals surface area contributed by atoms with Gasteiger partial charge in [-0.25, -0.2) is 4.99 Å². The molecule has 0 bridgehead atoms. The molecule has 8 nitrogen and oxygen atoms in total. The number of nitrogens with zero attached hydrogens (tertiary/aromatic N) is 2. The molecule has 1 atom stereocenters. The first-order valence-corrected chi connectivity index (χ1v) is 10.8. The van der Waals surface area contributed by atoms with E-state index in [4.69, 9.17) is 9.47 Å². The molecular weight excluding hydrogens is 404 g/mol. The van der Waals surface area contributed by atoms with Crippen LogP contribution < -0.4 is 15.9 Å². The quantitative estimate of drug-likeness (QED) is 0.669. The zero-order chi connectivity index (χ0) is 20.8. The number of ether oxygens (including phenoxy) is 2. The van der Waals surface area contributed by atoms with Crippen molar-refractivity contribution in [3.05, 3.63) is 56.1 Å². The molecular formula is C21H22N4O4S. The van der Waals surface area contributed by atoms with E-state index in [1.54, 1.807) is 13.2 Å². The van der Waals surface area contributed by atoms with Crippen LogP contribution in [0.2, 0.25) is 0 Å². The van der Waals surface area contributed by atoms with Crippen LogP contribution in [0.5, 0.6) is 5.75 Å². The van der Waals surface area contributed by atoms with Crippen LogP contribution in [0.3, 0.4) is 0 Å². The first-order chi connectivity index (χ1) is 14.5. The van der Waals surface area contributed by atoms with Crippen molar-refractivity contribution in [2.24, 2.45) is 4.99 Å². The molecule has 3 aromatic rings. The van der Waals surface area contributed by atoms with Crippen LogP contribution in [0, 0.1) is 0 Å². The fraction of sp³-hybridized carbons (Fsp3) is 0.381. The summed E-state index contributed by atoms with van der Waals surface area (Å²) < 4.78 is 12.6. The van der Waals surface area contributed by atoms with Gasteiger partial charge in [0.05, 0.1) is 29.0 Å². The lowest BCUT2D eigenvalue weighted by atomic mass is 10.0. The summed E-state index contributed by atoms with van der Waals surface area (Å²) in [6.45, 7) is 3.23. The number of aliphatic imine (C=N–C) groups is 1. The number of fused-ring (bicyclic) bond motifs is 2. The first kappa shape index (κ1) is 19.2. The van der Waals surface area contributed by atoms with Crippen LogP contribution in [0.4, 0.5) is 5.82 Å². The lowest BCUT2D eigenvalue weighted by molar-refractivity contribution is 0.0666. The Bertz CT molecular complexity index is 1270. The van der Waals surface area contributed by atoms with E-state index in [-0.39, 0.29) is 17.2 Å². The van der Waals surface area contributed by atoms with Crippen molar-refractivity contribution in [2.45, 2.75) is 31.1 Å². The lowest BCUT2D eigenvalue weighted by Gasteiger charge is -2.26. The van der Waals surface area contributed by atoms with Gasteiger partial charge in [-0.2, -0.15) is 0 Å². The van der Waals surface area contributed by atoms with Gasteiger partial charge in [0.1, 0.15) is 5.75 Å². The molecule has 0 unspecified atom stereocenters. The zero-order valence-corrected chi connectivity index (χ0v) is 17.5. The molecule has 156 valence electrons. The summed E-state index contributed by atoms with van der Waals surface area (Å²) in [6, 6.07) is 7.49. The molecule has 2 aliphatic rings. The Morgan fingerprint density at radius 3 is 2.77 bits per heavy atom. The molecule has 30 heavy (non-hydrogen) atoms. The van der Waals surface area contributed by atoms with Crippen molar-refractivity contribution < 1.29 is 9.47 Å². The molecule has 0 radical (unpaired) electrons. The average molecular weight is 426 g/mol. The van der Waals surface area contributed by atoms with Crippen molar-refractivity contribution in [3.8, 4) is 5.75 Å². The highest BCUT2D eigenvalue weighted by Crippen LogP contribution is 2.44. The minimum Gasteiger partial charge on any atom is -0.497 e. The van der Waals surface area contributed by atoms with Crippen LogP contribution in [-0.4, -0.2) is 40.1 Å². The number of aromatic nitrogens is 3. The van der Waals surface area contributed by atoms with Crippen molar-refractivity contribution in [1.29, 1.82) is 0 Å². The Balaban J connectivity index is 1.66. The van der Waals surface area contributed by atoms with Crippen LogP contribution >= 0.6 is 11.8 Å². The van der Waals surface area contributed by atoms with Gasteiger partial charge in [-0.1, -0.05) is 11.8 Å². The summed E-state index contributed by atoms with van der Waals surface area (Å²) in [5.74, 6) is 1.33. The normalized spacial score (nSPS) is 19.5. The van der Waals surface area contributed by atoms with Gasteiger partial charge in [-0.05, 0) is 44.0 Å². The largest absolute Gasteiger partial charge is 0.497 e. The molecule has 4 heterocycles. The summed E-state index contributed by atoms with van der Waals surface area (Å²) in [7, 11) is 1.61. The highest BCUT2D eigenvalue weighted by atomic mass is 32.2. The molecule has 1 fully saturated rings. The van der Waals surface area contributed by atoms with E-state index >= 15 is 0 Å². The molecule has 0 spiro atoms. The molecule has 9 heteroatoms. The number of aromatic amines is 2. The zero-order valence-electron chi connectivity index (χ0n) is 16.7. The first-order valence-electron chi connectivity index (χ1n) is 9.90. The fourth-order valence-electron chi connectivity index (χ4n) is 4.16. The molecule has 2 aliphatic heterocycles. The van der Waals surface area contributed by atoms with Gasteiger partial charge in [-0.3, -0.25) is 19.4 Å². The maximum absolute atomic E-state index is 13.0. The molecule has 2 N–H and O–H groups in total. The third-order valence-corrected chi connectivity index (χ3v) is 6.83. The van der Waals surface area contributed by atoms with Crippen molar-refractivity contribution in [3.63, 3.8) is 0 Å². The molecule has 1 aromatic carbocycles. The molecule has 1 saturated heterocycles. The van der Waals surface area contributed by atoms with Crippen LogP contribution in [0.25, 0.3) is 10.9 Å². The van der Waals surface area contributed by atoms with E-state index < -0.39 is 5.25 Å². The van der Waals surface area contributed by atoms with Crippen molar-refractivity contribution >= 4 is 33.5 Å². The third kappa shape index (κ3) is 3.18. The molecule has 2 aromatic heterocycles. The summed E-state index contributed by atoms with van der Waals surface area (Å²) in [6.07, 6.45) is 1.64. The number of benzene rings is 1. The molecule has 0 saturated carbocycles. The predicted molar refractivity (Wildman–Crippen MR) is 117 cm³/mol. The van der Waals surface area contributed by atoms with Gasteiger partial charge in [0, 0.05) is 29.7 Å². The van der Waals surface area contributed by atoms with Gasteiger partial charge in [0.25, 0.3) is 11.1 Å².